The molecule has 0 spiro atoms. The molecule has 1 aromatic heterocycles. The molecule has 2 atom stereocenters. The quantitative estimate of drug-likeness (QED) is 0.824. The minimum absolute atomic E-state index is 0.124. The van der Waals surface area contributed by atoms with Crippen molar-refractivity contribution in [3.05, 3.63) is 18.0 Å². The van der Waals surface area contributed by atoms with Gasteiger partial charge in [-0.15, -0.1) is 0 Å². The lowest BCUT2D eigenvalue weighted by atomic mass is 10.1. The molecule has 2 heterocycles. The number of rotatable bonds is 5. The largest absolute Gasteiger partial charge is 0.380 e. The number of carbonyl (C=O) groups is 1. The summed E-state index contributed by atoms with van der Waals surface area (Å²) in [7, 11) is 3.57. The molecule has 1 N–H and O–H groups in total. The molecule has 106 valence electrons. The molecule has 0 unspecified atom stereocenters. The van der Waals surface area contributed by atoms with E-state index in [1.165, 1.54) is 0 Å². The zero-order valence-corrected chi connectivity index (χ0v) is 11.8. The molecule has 2 rings (SSSR count). The Morgan fingerprint density at radius 1 is 1.68 bits per heavy atom. The minimum atomic E-state index is -0.124. The van der Waals surface area contributed by atoms with Gasteiger partial charge in [0.15, 0.2) is 0 Å². The summed E-state index contributed by atoms with van der Waals surface area (Å²) in [6.07, 6.45) is 4.64. The van der Waals surface area contributed by atoms with Gasteiger partial charge in [-0.05, 0) is 13.3 Å². The van der Waals surface area contributed by atoms with E-state index in [1.54, 1.807) is 18.0 Å². The van der Waals surface area contributed by atoms with Gasteiger partial charge >= 0.3 is 0 Å². The van der Waals surface area contributed by atoms with Crippen molar-refractivity contribution in [2.75, 3.05) is 20.2 Å². The number of methoxy groups -OCH3 is 1. The van der Waals surface area contributed by atoms with Crippen LogP contribution in [0.25, 0.3) is 0 Å². The minimum Gasteiger partial charge on any atom is -0.380 e. The summed E-state index contributed by atoms with van der Waals surface area (Å²) < 4.78 is 7.03. The summed E-state index contributed by atoms with van der Waals surface area (Å²) in [5.41, 5.74) is 1.05. The summed E-state index contributed by atoms with van der Waals surface area (Å²) in [4.78, 5) is 14.3. The van der Waals surface area contributed by atoms with E-state index in [1.807, 2.05) is 25.1 Å². The highest BCUT2D eigenvalue weighted by Crippen LogP contribution is 2.14. The van der Waals surface area contributed by atoms with Crippen LogP contribution in [0.2, 0.25) is 0 Å². The Bertz CT molecular complexity index is 432. The van der Waals surface area contributed by atoms with Crippen molar-refractivity contribution in [3.8, 4) is 0 Å². The predicted molar refractivity (Wildman–Crippen MR) is 71.5 cm³/mol. The molecule has 0 aromatic carbocycles. The predicted octanol–water partition coefficient (Wildman–Crippen LogP) is 0.146. The second-order valence-electron chi connectivity index (χ2n) is 4.93. The number of amides is 1. The second-order valence-corrected chi connectivity index (χ2v) is 4.93. The lowest BCUT2D eigenvalue weighted by Crippen LogP contribution is -2.43. The van der Waals surface area contributed by atoms with E-state index in [0.29, 0.717) is 13.1 Å². The van der Waals surface area contributed by atoms with Gasteiger partial charge in [-0.2, -0.15) is 5.10 Å². The number of aryl methyl sites for hydroxylation is 1. The number of ether oxygens (including phenoxy) is 1. The van der Waals surface area contributed by atoms with E-state index in [-0.39, 0.29) is 18.1 Å². The first kappa shape index (κ1) is 14.0. The molecule has 0 radical (unpaired) electrons. The maximum Gasteiger partial charge on any atom is 0.240 e. The number of carbonyl (C=O) groups excluding carboxylic acids is 1. The van der Waals surface area contributed by atoms with E-state index < -0.39 is 0 Å². The fourth-order valence-electron chi connectivity index (χ4n) is 2.41. The van der Waals surface area contributed by atoms with Crippen LogP contribution in [-0.4, -0.2) is 52.9 Å². The summed E-state index contributed by atoms with van der Waals surface area (Å²) >= 11 is 0. The van der Waals surface area contributed by atoms with Crippen LogP contribution in [0.5, 0.6) is 0 Å². The number of nitrogens with one attached hydrogen (secondary N) is 1. The molecule has 0 bridgehead atoms. The topological polar surface area (TPSA) is 59.4 Å². The Hall–Kier alpha value is -1.40. The van der Waals surface area contributed by atoms with Crippen LogP contribution in [0.4, 0.5) is 0 Å². The first-order valence-corrected chi connectivity index (χ1v) is 6.66. The molecule has 0 saturated carbocycles. The highest BCUT2D eigenvalue weighted by atomic mass is 16.5. The van der Waals surface area contributed by atoms with E-state index in [2.05, 4.69) is 10.4 Å². The Morgan fingerprint density at radius 2 is 2.47 bits per heavy atom. The van der Waals surface area contributed by atoms with Gasteiger partial charge in [-0.25, -0.2) is 0 Å². The first-order valence-electron chi connectivity index (χ1n) is 6.66. The number of nitrogens with zero attached hydrogens (tertiary/aromatic N) is 3. The SMILES string of the molecule is CCN(Cc1cnn(C)c1)C(=O)[C@@H]1C[C@H](OC)CN1. The van der Waals surface area contributed by atoms with Crippen LogP contribution in [0.3, 0.4) is 0 Å². The third-order valence-electron chi connectivity index (χ3n) is 3.55. The lowest BCUT2D eigenvalue weighted by molar-refractivity contribution is -0.133. The molecular weight excluding hydrogens is 244 g/mol. The van der Waals surface area contributed by atoms with Crippen molar-refractivity contribution in [2.45, 2.75) is 32.0 Å². The fourth-order valence-corrected chi connectivity index (χ4v) is 2.41. The van der Waals surface area contributed by atoms with Gasteiger partial charge in [0.25, 0.3) is 0 Å². The summed E-state index contributed by atoms with van der Waals surface area (Å²) in [5, 5.41) is 7.36. The van der Waals surface area contributed by atoms with E-state index in [0.717, 1.165) is 18.5 Å². The summed E-state index contributed by atoms with van der Waals surface area (Å²) in [6, 6.07) is -0.124. The molecule has 1 aliphatic rings. The van der Waals surface area contributed by atoms with Gasteiger partial charge in [0.1, 0.15) is 0 Å². The lowest BCUT2D eigenvalue weighted by Gasteiger charge is -2.23. The standard InChI is InChI=1S/C13H22N4O2/c1-4-17(9-10-6-15-16(2)8-10)13(18)12-5-11(19-3)7-14-12/h6,8,11-12,14H,4-5,7,9H2,1-3H3/t11-,12-/m0/s1. The molecule has 1 aromatic rings. The zero-order valence-electron chi connectivity index (χ0n) is 11.8. The Kier molecular flexibility index (Phi) is 4.55. The van der Waals surface area contributed by atoms with Gasteiger partial charge in [0.05, 0.1) is 18.3 Å². The van der Waals surface area contributed by atoms with E-state index >= 15 is 0 Å². The summed E-state index contributed by atoms with van der Waals surface area (Å²) in [6.45, 7) is 4.05. The molecule has 19 heavy (non-hydrogen) atoms. The van der Waals surface area contributed by atoms with Crippen LogP contribution in [0.15, 0.2) is 12.4 Å². The molecule has 0 aliphatic carbocycles. The third kappa shape index (κ3) is 3.33. The maximum absolute atomic E-state index is 12.4. The normalized spacial score (nSPS) is 22.7. The number of aromatic nitrogens is 2. The van der Waals surface area contributed by atoms with Crippen LogP contribution in [-0.2, 0) is 23.1 Å². The van der Waals surface area contributed by atoms with E-state index in [9.17, 15) is 4.79 Å². The molecule has 1 saturated heterocycles. The number of hydrogen-bond acceptors (Lipinski definition) is 4. The Balaban J connectivity index is 1.95. The van der Waals surface area contributed by atoms with Crippen molar-refractivity contribution in [2.24, 2.45) is 7.05 Å². The first-order chi connectivity index (χ1) is 9.13. The van der Waals surface area contributed by atoms with Crippen molar-refractivity contribution in [1.82, 2.24) is 20.0 Å². The molecule has 6 nitrogen and oxygen atoms in total. The highest BCUT2D eigenvalue weighted by molar-refractivity contribution is 5.82. The number of hydrogen-bond donors (Lipinski definition) is 1. The van der Waals surface area contributed by atoms with Gasteiger partial charge in [-0.3, -0.25) is 9.48 Å². The van der Waals surface area contributed by atoms with Crippen molar-refractivity contribution >= 4 is 5.91 Å². The van der Waals surface area contributed by atoms with Crippen LogP contribution < -0.4 is 5.32 Å². The van der Waals surface area contributed by atoms with Gasteiger partial charge in [0, 0.05) is 45.6 Å². The maximum atomic E-state index is 12.4. The number of likely N-dealkylation sites (N-methyl/N-ethyl adjacent to an activating group) is 1. The zero-order chi connectivity index (χ0) is 13.8. The smallest absolute Gasteiger partial charge is 0.240 e. The van der Waals surface area contributed by atoms with Crippen molar-refractivity contribution < 1.29 is 9.53 Å². The molecule has 1 aliphatic heterocycles. The van der Waals surface area contributed by atoms with Gasteiger partial charge in [0.2, 0.25) is 5.91 Å². The average molecular weight is 266 g/mol. The highest BCUT2D eigenvalue weighted by Gasteiger charge is 2.31. The third-order valence-corrected chi connectivity index (χ3v) is 3.55. The molecular formula is C13H22N4O2. The van der Waals surface area contributed by atoms with Crippen molar-refractivity contribution in [3.63, 3.8) is 0 Å². The Labute approximate surface area is 113 Å². The van der Waals surface area contributed by atoms with Gasteiger partial charge < -0.3 is 15.0 Å². The Morgan fingerprint density at radius 3 is 3.00 bits per heavy atom. The van der Waals surface area contributed by atoms with Crippen LogP contribution in [0.1, 0.15) is 18.9 Å². The van der Waals surface area contributed by atoms with Gasteiger partial charge in [-0.1, -0.05) is 0 Å². The van der Waals surface area contributed by atoms with Crippen LogP contribution >= 0.6 is 0 Å². The monoisotopic (exact) mass is 266 g/mol. The average Bonchev–Trinajstić information content (AvgIpc) is 3.04. The summed E-state index contributed by atoms with van der Waals surface area (Å²) in [5.74, 6) is 0.144. The second kappa shape index (κ2) is 6.16. The van der Waals surface area contributed by atoms with Crippen molar-refractivity contribution in [1.29, 1.82) is 0 Å². The fraction of sp³-hybridized carbons (Fsp3) is 0.692. The van der Waals surface area contributed by atoms with E-state index in [4.69, 9.17) is 4.74 Å². The molecule has 1 fully saturated rings. The molecule has 6 heteroatoms. The molecule has 1 amide bonds. The van der Waals surface area contributed by atoms with Crippen LogP contribution in [0, 0.1) is 0 Å².